The summed E-state index contributed by atoms with van der Waals surface area (Å²) in [7, 11) is 0. The smallest absolute Gasteiger partial charge is 0.0543 e. The lowest BCUT2D eigenvalue weighted by atomic mass is 10.2. The summed E-state index contributed by atoms with van der Waals surface area (Å²) in [5.74, 6) is 0. The number of nitrogens with zero attached hydrogens (tertiary/aromatic N) is 1. The van der Waals surface area contributed by atoms with Gasteiger partial charge in [0.2, 0.25) is 0 Å². The van der Waals surface area contributed by atoms with E-state index in [9.17, 15) is 0 Å². The van der Waals surface area contributed by atoms with E-state index in [4.69, 9.17) is 5.73 Å². The fourth-order valence-corrected chi connectivity index (χ4v) is 2.63. The number of pyridine rings is 1. The molecular formula is C13H17N3S. The minimum Gasteiger partial charge on any atom is -0.397 e. The number of anilines is 1. The lowest BCUT2D eigenvalue weighted by Crippen LogP contribution is -2.13. The number of aryl methyl sites for hydroxylation is 1. The Hall–Kier alpha value is -1.39. The fraction of sp³-hybridized carbons (Fsp3) is 0.308. The van der Waals surface area contributed by atoms with Gasteiger partial charge in [0.15, 0.2) is 0 Å². The van der Waals surface area contributed by atoms with Crippen molar-refractivity contribution in [1.29, 1.82) is 0 Å². The topological polar surface area (TPSA) is 50.9 Å². The van der Waals surface area contributed by atoms with Crippen LogP contribution in [0.25, 0.3) is 0 Å². The van der Waals surface area contributed by atoms with Crippen LogP contribution in [0.1, 0.15) is 23.1 Å². The lowest BCUT2D eigenvalue weighted by molar-refractivity contribution is 0.683. The Balaban J connectivity index is 1.85. The molecule has 0 amide bonds. The minimum atomic E-state index is 0.709. The summed E-state index contributed by atoms with van der Waals surface area (Å²) in [5, 5.41) is 5.56. The molecule has 0 saturated carbocycles. The van der Waals surface area contributed by atoms with Gasteiger partial charge in [-0.3, -0.25) is 4.98 Å². The molecule has 0 radical (unpaired) electrons. The van der Waals surface area contributed by atoms with Gasteiger partial charge in [-0.05, 0) is 35.6 Å². The van der Waals surface area contributed by atoms with Crippen molar-refractivity contribution in [3.8, 4) is 0 Å². The molecule has 0 saturated heterocycles. The molecule has 0 spiro atoms. The standard InChI is InChI=1S/C13H17N3S/c1-2-10-5-6-17-13(10)9-15-8-12-4-3-11(14)7-16-12/h3-7,15H,2,8-9,14H2,1H3. The van der Waals surface area contributed by atoms with Crippen LogP contribution in [0.5, 0.6) is 0 Å². The molecule has 0 aliphatic heterocycles. The van der Waals surface area contributed by atoms with E-state index in [0.29, 0.717) is 5.69 Å². The van der Waals surface area contributed by atoms with E-state index in [0.717, 1.165) is 25.2 Å². The molecule has 90 valence electrons. The summed E-state index contributed by atoms with van der Waals surface area (Å²) in [6.07, 6.45) is 2.79. The SMILES string of the molecule is CCc1ccsc1CNCc1ccc(N)cn1. The molecule has 0 unspecified atom stereocenters. The van der Waals surface area contributed by atoms with Crippen molar-refractivity contribution in [2.24, 2.45) is 0 Å². The monoisotopic (exact) mass is 247 g/mol. The Bertz CT molecular complexity index is 462. The molecule has 3 nitrogen and oxygen atoms in total. The van der Waals surface area contributed by atoms with Crippen LogP contribution in [0.2, 0.25) is 0 Å². The highest BCUT2D eigenvalue weighted by atomic mass is 32.1. The number of nitrogens with one attached hydrogen (secondary N) is 1. The third-order valence-electron chi connectivity index (χ3n) is 2.66. The van der Waals surface area contributed by atoms with E-state index < -0.39 is 0 Å². The van der Waals surface area contributed by atoms with Crippen molar-refractivity contribution in [3.63, 3.8) is 0 Å². The van der Waals surface area contributed by atoms with E-state index in [1.54, 1.807) is 6.20 Å². The van der Waals surface area contributed by atoms with Crippen LogP contribution < -0.4 is 11.1 Å². The lowest BCUT2D eigenvalue weighted by Gasteiger charge is -2.05. The van der Waals surface area contributed by atoms with Gasteiger partial charge in [-0.2, -0.15) is 0 Å². The molecule has 2 heterocycles. The van der Waals surface area contributed by atoms with Crippen LogP contribution in [0.15, 0.2) is 29.8 Å². The molecule has 0 atom stereocenters. The van der Waals surface area contributed by atoms with Crippen molar-refractivity contribution in [3.05, 3.63) is 45.9 Å². The van der Waals surface area contributed by atoms with Crippen molar-refractivity contribution in [2.45, 2.75) is 26.4 Å². The normalized spacial score (nSPS) is 10.6. The van der Waals surface area contributed by atoms with Gasteiger partial charge in [0.25, 0.3) is 0 Å². The number of aromatic nitrogens is 1. The molecule has 2 aromatic heterocycles. The number of rotatable bonds is 5. The molecule has 17 heavy (non-hydrogen) atoms. The van der Waals surface area contributed by atoms with E-state index >= 15 is 0 Å². The summed E-state index contributed by atoms with van der Waals surface area (Å²) >= 11 is 1.81. The number of hydrogen-bond donors (Lipinski definition) is 2. The summed E-state index contributed by atoms with van der Waals surface area (Å²) in [5.41, 5.74) is 8.76. The highest BCUT2D eigenvalue weighted by Gasteiger charge is 2.01. The Morgan fingerprint density at radius 1 is 1.29 bits per heavy atom. The minimum absolute atomic E-state index is 0.709. The molecule has 0 aromatic carbocycles. The van der Waals surface area contributed by atoms with Crippen LogP contribution in [0, 0.1) is 0 Å². The first-order valence-corrected chi connectivity index (χ1v) is 6.64. The maximum Gasteiger partial charge on any atom is 0.0543 e. The van der Waals surface area contributed by atoms with Crippen molar-refractivity contribution >= 4 is 17.0 Å². The van der Waals surface area contributed by atoms with Gasteiger partial charge in [-0.15, -0.1) is 11.3 Å². The molecular weight excluding hydrogens is 230 g/mol. The van der Waals surface area contributed by atoms with E-state index in [1.807, 2.05) is 23.5 Å². The maximum absolute atomic E-state index is 5.59. The zero-order valence-electron chi connectivity index (χ0n) is 9.94. The zero-order valence-corrected chi connectivity index (χ0v) is 10.8. The zero-order chi connectivity index (χ0) is 12.1. The first kappa shape index (κ1) is 12.1. The van der Waals surface area contributed by atoms with Crippen molar-refractivity contribution < 1.29 is 0 Å². The molecule has 0 aliphatic rings. The number of hydrogen-bond acceptors (Lipinski definition) is 4. The van der Waals surface area contributed by atoms with Crippen LogP contribution >= 0.6 is 11.3 Å². The molecule has 0 bridgehead atoms. The van der Waals surface area contributed by atoms with E-state index in [-0.39, 0.29) is 0 Å². The van der Waals surface area contributed by atoms with Gasteiger partial charge in [-0.25, -0.2) is 0 Å². The second-order valence-electron chi connectivity index (χ2n) is 3.91. The summed E-state index contributed by atoms with van der Waals surface area (Å²) in [4.78, 5) is 5.67. The Labute approximate surface area is 106 Å². The molecule has 3 N–H and O–H groups in total. The Morgan fingerprint density at radius 2 is 2.18 bits per heavy atom. The van der Waals surface area contributed by atoms with Gasteiger partial charge >= 0.3 is 0 Å². The first-order chi connectivity index (χ1) is 8.29. The van der Waals surface area contributed by atoms with Crippen LogP contribution in [0.4, 0.5) is 5.69 Å². The predicted octanol–water partition coefficient (Wildman–Crippen LogP) is 2.58. The average Bonchev–Trinajstić information content (AvgIpc) is 2.79. The molecule has 0 aliphatic carbocycles. The molecule has 4 heteroatoms. The van der Waals surface area contributed by atoms with Crippen LogP contribution in [0.3, 0.4) is 0 Å². The molecule has 0 fully saturated rings. The third kappa shape index (κ3) is 3.28. The third-order valence-corrected chi connectivity index (χ3v) is 3.62. The van der Waals surface area contributed by atoms with Gasteiger partial charge in [-0.1, -0.05) is 6.92 Å². The predicted molar refractivity (Wildman–Crippen MR) is 72.9 cm³/mol. The van der Waals surface area contributed by atoms with Gasteiger partial charge in [0.05, 0.1) is 17.6 Å². The maximum atomic E-state index is 5.59. The number of nitrogen functional groups attached to an aromatic ring is 1. The summed E-state index contributed by atoms with van der Waals surface area (Å²) in [6, 6.07) is 6.03. The highest BCUT2D eigenvalue weighted by molar-refractivity contribution is 7.10. The second-order valence-corrected chi connectivity index (χ2v) is 4.91. The largest absolute Gasteiger partial charge is 0.397 e. The van der Waals surface area contributed by atoms with Gasteiger partial charge < -0.3 is 11.1 Å². The second kappa shape index (κ2) is 5.80. The Morgan fingerprint density at radius 3 is 2.88 bits per heavy atom. The quantitative estimate of drug-likeness (QED) is 0.854. The fourth-order valence-electron chi connectivity index (χ4n) is 1.68. The van der Waals surface area contributed by atoms with Crippen LogP contribution in [-0.4, -0.2) is 4.98 Å². The van der Waals surface area contributed by atoms with Crippen molar-refractivity contribution in [1.82, 2.24) is 10.3 Å². The van der Waals surface area contributed by atoms with E-state index in [1.165, 1.54) is 10.4 Å². The summed E-state index contributed by atoms with van der Waals surface area (Å²) < 4.78 is 0. The average molecular weight is 247 g/mol. The first-order valence-electron chi connectivity index (χ1n) is 5.76. The number of thiophene rings is 1. The van der Waals surface area contributed by atoms with Crippen molar-refractivity contribution in [2.75, 3.05) is 5.73 Å². The summed E-state index contributed by atoms with van der Waals surface area (Å²) in [6.45, 7) is 3.88. The van der Waals surface area contributed by atoms with Crippen LogP contribution in [-0.2, 0) is 19.5 Å². The molecule has 2 aromatic rings. The number of nitrogens with two attached hydrogens (primary N) is 1. The van der Waals surface area contributed by atoms with E-state index in [2.05, 4.69) is 28.7 Å². The highest BCUT2D eigenvalue weighted by Crippen LogP contribution is 2.17. The van der Waals surface area contributed by atoms with Gasteiger partial charge in [0, 0.05) is 18.0 Å². The Kier molecular flexibility index (Phi) is 4.12. The molecule has 2 rings (SSSR count). The van der Waals surface area contributed by atoms with Gasteiger partial charge in [0.1, 0.15) is 0 Å².